The number of anilines is 1. The lowest BCUT2D eigenvalue weighted by molar-refractivity contribution is 0.252. The molecule has 2 amide bonds. The van der Waals surface area contributed by atoms with Gasteiger partial charge in [-0.05, 0) is 44.0 Å². The molecule has 154 valence electrons. The standard InChI is InChI=1S/C22H29N5O2/c1-5-7-11-20-25-19-13-18(26-22(28)23-6-2)15(3)24-21(19)27(20)14-16-9-8-10-17(12-16)29-4/h8-10,12-13H,5-7,11,14H2,1-4H3,(H2,23,26,28). The van der Waals surface area contributed by atoms with Gasteiger partial charge in [0.25, 0.3) is 0 Å². The summed E-state index contributed by atoms with van der Waals surface area (Å²) in [6.45, 7) is 7.19. The molecule has 7 nitrogen and oxygen atoms in total. The number of pyridine rings is 1. The Morgan fingerprint density at radius 1 is 1.21 bits per heavy atom. The van der Waals surface area contributed by atoms with Gasteiger partial charge in [-0.15, -0.1) is 0 Å². The first-order valence-electron chi connectivity index (χ1n) is 10.1. The number of aromatic nitrogens is 3. The molecule has 0 spiro atoms. The Morgan fingerprint density at radius 2 is 2.03 bits per heavy atom. The van der Waals surface area contributed by atoms with Crippen molar-refractivity contribution in [1.82, 2.24) is 19.9 Å². The minimum atomic E-state index is -0.237. The van der Waals surface area contributed by atoms with Gasteiger partial charge < -0.3 is 19.9 Å². The van der Waals surface area contributed by atoms with Crippen LogP contribution in [-0.4, -0.2) is 34.2 Å². The monoisotopic (exact) mass is 395 g/mol. The van der Waals surface area contributed by atoms with Crippen molar-refractivity contribution in [2.75, 3.05) is 19.0 Å². The molecule has 0 saturated heterocycles. The Balaban J connectivity index is 2.01. The molecule has 3 aromatic rings. The highest BCUT2D eigenvalue weighted by atomic mass is 16.5. The van der Waals surface area contributed by atoms with Crippen molar-refractivity contribution in [3.05, 3.63) is 47.4 Å². The van der Waals surface area contributed by atoms with Gasteiger partial charge in [0.15, 0.2) is 5.65 Å². The predicted octanol–water partition coefficient (Wildman–Crippen LogP) is 4.28. The zero-order valence-corrected chi connectivity index (χ0v) is 17.6. The summed E-state index contributed by atoms with van der Waals surface area (Å²) in [5.41, 5.74) is 4.19. The number of ether oxygens (including phenoxy) is 1. The summed E-state index contributed by atoms with van der Waals surface area (Å²) in [7, 11) is 1.67. The van der Waals surface area contributed by atoms with E-state index in [1.807, 2.05) is 38.1 Å². The molecular weight excluding hydrogens is 366 g/mol. The fraction of sp³-hybridized carbons (Fsp3) is 0.409. The number of hydrogen-bond acceptors (Lipinski definition) is 4. The second-order valence-corrected chi connectivity index (χ2v) is 7.02. The van der Waals surface area contributed by atoms with Gasteiger partial charge in [-0.3, -0.25) is 0 Å². The van der Waals surface area contributed by atoms with Crippen LogP contribution in [0.5, 0.6) is 5.75 Å². The summed E-state index contributed by atoms with van der Waals surface area (Å²) in [4.78, 5) is 21.6. The molecule has 0 saturated carbocycles. The lowest BCUT2D eigenvalue weighted by Gasteiger charge is -2.11. The molecule has 7 heteroatoms. The number of unbranched alkanes of at least 4 members (excludes halogenated alkanes) is 1. The Morgan fingerprint density at radius 3 is 2.76 bits per heavy atom. The molecule has 0 atom stereocenters. The molecule has 2 aromatic heterocycles. The highest BCUT2D eigenvalue weighted by Gasteiger charge is 2.16. The second kappa shape index (κ2) is 9.41. The van der Waals surface area contributed by atoms with Crippen LogP contribution < -0.4 is 15.4 Å². The third-order valence-corrected chi connectivity index (χ3v) is 4.80. The number of imidazole rings is 1. The molecule has 0 aliphatic carbocycles. The summed E-state index contributed by atoms with van der Waals surface area (Å²) < 4.78 is 7.53. The highest BCUT2D eigenvalue weighted by Crippen LogP contribution is 2.24. The van der Waals surface area contributed by atoms with Gasteiger partial charge in [0.05, 0.1) is 25.0 Å². The number of hydrogen-bond donors (Lipinski definition) is 2. The van der Waals surface area contributed by atoms with Crippen LogP contribution in [0.1, 0.15) is 43.8 Å². The van der Waals surface area contributed by atoms with Gasteiger partial charge in [0.2, 0.25) is 0 Å². The molecule has 2 heterocycles. The van der Waals surface area contributed by atoms with E-state index in [0.29, 0.717) is 18.8 Å². The van der Waals surface area contributed by atoms with Crippen LogP contribution in [0.25, 0.3) is 11.2 Å². The van der Waals surface area contributed by atoms with Crippen molar-refractivity contribution >= 4 is 22.9 Å². The van der Waals surface area contributed by atoms with Gasteiger partial charge in [-0.25, -0.2) is 14.8 Å². The van der Waals surface area contributed by atoms with Gasteiger partial charge in [-0.1, -0.05) is 25.5 Å². The molecule has 0 aliphatic rings. The third kappa shape index (κ3) is 4.85. The third-order valence-electron chi connectivity index (χ3n) is 4.80. The number of carbonyl (C=O) groups excluding carboxylic acids is 1. The van der Waals surface area contributed by atoms with Crippen molar-refractivity contribution in [2.45, 2.75) is 46.6 Å². The van der Waals surface area contributed by atoms with Crippen LogP contribution in [0.4, 0.5) is 10.5 Å². The largest absolute Gasteiger partial charge is 0.497 e. The molecule has 29 heavy (non-hydrogen) atoms. The number of benzene rings is 1. The molecule has 3 rings (SSSR count). The number of carbonyl (C=O) groups is 1. The lowest BCUT2D eigenvalue weighted by atomic mass is 10.2. The van der Waals surface area contributed by atoms with E-state index in [1.165, 1.54) is 0 Å². The number of methoxy groups -OCH3 is 1. The van der Waals surface area contributed by atoms with E-state index < -0.39 is 0 Å². The summed E-state index contributed by atoms with van der Waals surface area (Å²) >= 11 is 0. The van der Waals surface area contributed by atoms with E-state index in [4.69, 9.17) is 14.7 Å². The number of amides is 2. The van der Waals surface area contributed by atoms with E-state index >= 15 is 0 Å². The fourth-order valence-corrected chi connectivity index (χ4v) is 3.28. The topological polar surface area (TPSA) is 81.1 Å². The zero-order chi connectivity index (χ0) is 20.8. The van der Waals surface area contributed by atoms with Crippen molar-refractivity contribution in [3.8, 4) is 5.75 Å². The minimum absolute atomic E-state index is 0.237. The molecule has 0 bridgehead atoms. The summed E-state index contributed by atoms with van der Waals surface area (Å²) in [6, 6.07) is 9.72. The number of nitrogens with one attached hydrogen (secondary N) is 2. The van der Waals surface area contributed by atoms with E-state index in [0.717, 1.165) is 53.3 Å². The Kier molecular flexibility index (Phi) is 6.69. The van der Waals surface area contributed by atoms with Crippen LogP contribution in [0, 0.1) is 6.92 Å². The predicted molar refractivity (Wildman–Crippen MR) is 116 cm³/mol. The van der Waals surface area contributed by atoms with Crippen molar-refractivity contribution < 1.29 is 9.53 Å². The summed E-state index contributed by atoms with van der Waals surface area (Å²) in [5, 5.41) is 5.60. The summed E-state index contributed by atoms with van der Waals surface area (Å²) in [6.07, 6.45) is 3.04. The number of aryl methyl sites for hydroxylation is 2. The average Bonchev–Trinajstić information content (AvgIpc) is 3.03. The molecule has 0 fully saturated rings. The number of urea groups is 1. The smallest absolute Gasteiger partial charge is 0.319 e. The zero-order valence-electron chi connectivity index (χ0n) is 17.6. The van der Waals surface area contributed by atoms with Gasteiger partial charge >= 0.3 is 6.03 Å². The van der Waals surface area contributed by atoms with Crippen LogP contribution in [-0.2, 0) is 13.0 Å². The number of rotatable bonds is 8. The minimum Gasteiger partial charge on any atom is -0.497 e. The summed E-state index contributed by atoms with van der Waals surface area (Å²) in [5.74, 6) is 1.84. The molecular formula is C22H29N5O2. The van der Waals surface area contributed by atoms with Crippen molar-refractivity contribution in [2.24, 2.45) is 0 Å². The molecule has 1 aromatic carbocycles. The van der Waals surface area contributed by atoms with Gasteiger partial charge in [0.1, 0.15) is 17.1 Å². The van der Waals surface area contributed by atoms with Crippen molar-refractivity contribution in [1.29, 1.82) is 0 Å². The van der Waals surface area contributed by atoms with E-state index in [-0.39, 0.29) is 6.03 Å². The van der Waals surface area contributed by atoms with E-state index in [9.17, 15) is 4.79 Å². The second-order valence-electron chi connectivity index (χ2n) is 7.02. The van der Waals surface area contributed by atoms with Gasteiger partial charge in [0, 0.05) is 13.0 Å². The first kappa shape index (κ1) is 20.6. The molecule has 0 aliphatic heterocycles. The maximum atomic E-state index is 11.9. The van der Waals surface area contributed by atoms with E-state index in [2.05, 4.69) is 28.2 Å². The molecule has 0 radical (unpaired) electrons. The molecule has 2 N–H and O–H groups in total. The maximum Gasteiger partial charge on any atom is 0.319 e. The normalized spacial score (nSPS) is 10.9. The van der Waals surface area contributed by atoms with E-state index in [1.54, 1.807) is 7.11 Å². The quantitative estimate of drug-likeness (QED) is 0.596. The van der Waals surface area contributed by atoms with Crippen LogP contribution in [0.2, 0.25) is 0 Å². The maximum absolute atomic E-state index is 11.9. The van der Waals surface area contributed by atoms with Crippen molar-refractivity contribution in [3.63, 3.8) is 0 Å². The Labute approximate surface area is 171 Å². The van der Waals surface area contributed by atoms with Crippen LogP contribution >= 0.6 is 0 Å². The first-order valence-corrected chi connectivity index (χ1v) is 10.1. The average molecular weight is 396 g/mol. The number of fused-ring (bicyclic) bond motifs is 1. The lowest BCUT2D eigenvalue weighted by Crippen LogP contribution is -2.28. The van der Waals surface area contributed by atoms with Crippen LogP contribution in [0.15, 0.2) is 30.3 Å². The molecule has 0 unspecified atom stereocenters. The Hall–Kier alpha value is -3.09. The fourth-order valence-electron chi connectivity index (χ4n) is 3.28. The van der Waals surface area contributed by atoms with Gasteiger partial charge in [-0.2, -0.15) is 0 Å². The number of nitrogens with zero attached hydrogens (tertiary/aromatic N) is 3. The first-order chi connectivity index (χ1) is 14.0. The Bertz CT molecular complexity index is 996. The van der Waals surface area contributed by atoms with Crippen LogP contribution in [0.3, 0.4) is 0 Å². The SMILES string of the molecule is CCCCc1nc2cc(NC(=O)NCC)c(C)nc2n1Cc1cccc(OC)c1. The highest BCUT2D eigenvalue weighted by molar-refractivity contribution is 5.92.